The number of nitrogens with zero attached hydrogens (tertiary/aromatic N) is 5. The molecule has 0 bridgehead atoms. The van der Waals surface area contributed by atoms with E-state index in [0.29, 0.717) is 36.3 Å². The average molecular weight is 596 g/mol. The number of alkyl halides is 3. The van der Waals surface area contributed by atoms with Gasteiger partial charge in [-0.15, -0.1) is 0 Å². The molecule has 0 radical (unpaired) electrons. The molecule has 1 aromatic heterocycles. The fraction of sp³-hybridized carbons (Fsp3) is 0.375. The number of anilines is 5. The number of aryl methyl sites for hydroxylation is 1. The van der Waals surface area contributed by atoms with E-state index in [1.165, 1.54) is 18.5 Å². The number of allylic oxidation sites excluding steroid dienone is 1. The van der Waals surface area contributed by atoms with Gasteiger partial charge in [0, 0.05) is 55.2 Å². The molecule has 2 N–H and O–H groups in total. The summed E-state index contributed by atoms with van der Waals surface area (Å²) in [5, 5.41) is 6.81. The Balaban J connectivity index is 1.43. The van der Waals surface area contributed by atoms with Crippen LogP contribution < -0.4 is 20.4 Å². The lowest BCUT2D eigenvalue weighted by atomic mass is 9.92. The molecule has 3 heterocycles. The van der Waals surface area contributed by atoms with E-state index in [4.69, 9.17) is 0 Å². The van der Waals surface area contributed by atoms with Crippen LogP contribution in [0.2, 0.25) is 0 Å². The Bertz CT molecular complexity index is 1510. The van der Waals surface area contributed by atoms with Crippen LogP contribution in [0.25, 0.3) is 0 Å². The number of aromatic nitrogens is 2. The topological polar surface area (TPSA) is 59.6 Å². The summed E-state index contributed by atoms with van der Waals surface area (Å²) in [6, 6.07) is 9.23. The maximum Gasteiger partial charge on any atom is 0.419 e. The third kappa shape index (κ3) is 6.31. The quantitative estimate of drug-likeness (QED) is 0.201. The monoisotopic (exact) mass is 595 g/mol. The summed E-state index contributed by atoms with van der Waals surface area (Å²) < 4.78 is 54.9. The van der Waals surface area contributed by atoms with Crippen molar-refractivity contribution in [2.75, 3.05) is 53.7 Å². The molecule has 228 valence electrons. The second-order valence-corrected chi connectivity index (χ2v) is 11.1. The van der Waals surface area contributed by atoms with Crippen LogP contribution in [0.4, 0.5) is 46.3 Å². The fourth-order valence-corrected chi connectivity index (χ4v) is 5.61. The molecular weight excluding hydrogens is 558 g/mol. The number of rotatable bonds is 9. The van der Waals surface area contributed by atoms with Crippen molar-refractivity contribution >= 4 is 28.7 Å². The molecule has 0 aliphatic carbocycles. The van der Waals surface area contributed by atoms with E-state index in [1.54, 1.807) is 17.0 Å². The van der Waals surface area contributed by atoms with Crippen molar-refractivity contribution in [1.29, 1.82) is 0 Å². The Labute approximate surface area is 249 Å². The number of benzene rings is 2. The maximum absolute atomic E-state index is 14.9. The minimum absolute atomic E-state index is 0.00874. The number of nitrogens with one attached hydrogen (secondary N) is 2. The van der Waals surface area contributed by atoms with E-state index in [-0.39, 0.29) is 5.56 Å². The van der Waals surface area contributed by atoms with Crippen molar-refractivity contribution in [3.05, 3.63) is 90.2 Å². The SMILES string of the molecule is C=CC(=C)Nc1cc(Nc2cc(N3CCC3c3cccc(C(F)(F)F)c3F)ncn2)c(CC)cc1N1CCN(C)C(C)C1. The molecule has 2 fully saturated rings. The molecule has 2 aliphatic heterocycles. The summed E-state index contributed by atoms with van der Waals surface area (Å²) in [4.78, 5) is 15.3. The van der Waals surface area contributed by atoms with Crippen molar-refractivity contribution in [3.63, 3.8) is 0 Å². The van der Waals surface area contributed by atoms with Crippen LogP contribution >= 0.6 is 0 Å². The van der Waals surface area contributed by atoms with Crippen LogP contribution in [0.5, 0.6) is 0 Å². The largest absolute Gasteiger partial charge is 0.419 e. The summed E-state index contributed by atoms with van der Waals surface area (Å²) in [5.41, 5.74) is 3.33. The van der Waals surface area contributed by atoms with Gasteiger partial charge in [-0.25, -0.2) is 14.4 Å². The van der Waals surface area contributed by atoms with E-state index in [1.807, 2.05) is 6.07 Å². The van der Waals surface area contributed by atoms with Crippen molar-refractivity contribution in [1.82, 2.24) is 14.9 Å². The van der Waals surface area contributed by atoms with E-state index in [9.17, 15) is 17.6 Å². The fourth-order valence-electron chi connectivity index (χ4n) is 5.61. The highest BCUT2D eigenvalue weighted by atomic mass is 19.4. The molecule has 2 atom stereocenters. The van der Waals surface area contributed by atoms with Gasteiger partial charge in [-0.2, -0.15) is 13.2 Å². The van der Waals surface area contributed by atoms with Crippen molar-refractivity contribution in [2.45, 2.75) is 44.9 Å². The highest BCUT2D eigenvalue weighted by molar-refractivity contribution is 5.80. The molecule has 2 saturated heterocycles. The Hall–Kier alpha value is -4.12. The van der Waals surface area contributed by atoms with Crippen LogP contribution in [0.3, 0.4) is 0 Å². The van der Waals surface area contributed by atoms with Crippen molar-refractivity contribution in [2.24, 2.45) is 0 Å². The average Bonchev–Trinajstić information content (AvgIpc) is 2.95. The van der Waals surface area contributed by atoms with Crippen LogP contribution in [0.15, 0.2) is 67.7 Å². The standard InChI is InChI=1S/C32H37F4N7/c1-6-20(3)39-26-16-25(22(7-2)15-28(26)42-14-13-41(5)21(4)18-42)40-29-17-30(38-19-37-29)43-12-11-27(43)23-9-8-10-24(31(23)33)32(34,35)36/h6,8-10,15-17,19,21,27,39H,1,3,7,11-14,18H2,2,4-5H3,(H,37,38,40). The Morgan fingerprint density at radius 2 is 1.91 bits per heavy atom. The first kappa shape index (κ1) is 30.3. The van der Waals surface area contributed by atoms with Gasteiger partial charge < -0.3 is 25.3 Å². The predicted octanol–water partition coefficient (Wildman–Crippen LogP) is 7.14. The van der Waals surface area contributed by atoms with E-state index < -0.39 is 23.6 Å². The van der Waals surface area contributed by atoms with Crippen molar-refractivity contribution < 1.29 is 17.6 Å². The highest BCUT2D eigenvalue weighted by Crippen LogP contribution is 2.42. The summed E-state index contributed by atoms with van der Waals surface area (Å²) in [7, 11) is 2.14. The highest BCUT2D eigenvalue weighted by Gasteiger charge is 2.39. The smallest absolute Gasteiger partial charge is 0.367 e. The van der Waals surface area contributed by atoms with Gasteiger partial charge in [-0.3, -0.25) is 0 Å². The number of piperazine rings is 1. The number of hydrogen-bond acceptors (Lipinski definition) is 7. The van der Waals surface area contributed by atoms with Gasteiger partial charge in [-0.05, 0) is 56.7 Å². The Kier molecular flexibility index (Phi) is 8.64. The Morgan fingerprint density at radius 1 is 1.12 bits per heavy atom. The lowest BCUT2D eigenvalue weighted by molar-refractivity contribution is -0.140. The van der Waals surface area contributed by atoms with Crippen LogP contribution in [-0.2, 0) is 12.6 Å². The van der Waals surface area contributed by atoms with E-state index >= 15 is 0 Å². The third-order valence-electron chi connectivity index (χ3n) is 8.37. The van der Waals surface area contributed by atoms with Crippen LogP contribution in [0, 0.1) is 5.82 Å². The summed E-state index contributed by atoms with van der Waals surface area (Å²) in [5.74, 6) is -0.213. The minimum atomic E-state index is -4.76. The zero-order chi connectivity index (χ0) is 30.9. The molecule has 0 saturated carbocycles. The zero-order valence-corrected chi connectivity index (χ0v) is 24.7. The third-order valence-corrected chi connectivity index (χ3v) is 8.37. The molecule has 0 amide bonds. The van der Waals surface area contributed by atoms with Crippen LogP contribution in [-0.4, -0.2) is 54.1 Å². The van der Waals surface area contributed by atoms with Crippen molar-refractivity contribution in [3.8, 4) is 0 Å². The molecular formula is C32H37F4N7. The molecule has 2 unspecified atom stereocenters. The molecule has 43 heavy (non-hydrogen) atoms. The second kappa shape index (κ2) is 12.2. The lowest BCUT2D eigenvalue weighted by Gasteiger charge is -2.42. The lowest BCUT2D eigenvalue weighted by Crippen LogP contribution is -2.50. The molecule has 2 aliphatic rings. The summed E-state index contributed by atoms with van der Waals surface area (Å²) in [6.45, 7) is 15.5. The molecule has 2 aromatic carbocycles. The molecule has 11 heteroatoms. The normalized spacial score (nSPS) is 19.1. The van der Waals surface area contributed by atoms with Gasteiger partial charge in [0.2, 0.25) is 0 Å². The maximum atomic E-state index is 14.9. The number of likely N-dealkylation sites (N-methyl/N-ethyl adjacent to an activating group) is 1. The van der Waals surface area contributed by atoms with Gasteiger partial charge in [0.05, 0.1) is 23.0 Å². The van der Waals surface area contributed by atoms with Gasteiger partial charge in [0.25, 0.3) is 0 Å². The molecule has 5 rings (SSSR count). The number of halogens is 4. The van der Waals surface area contributed by atoms with E-state index in [2.05, 4.69) is 70.5 Å². The van der Waals surface area contributed by atoms with Crippen LogP contribution in [0.1, 0.15) is 43.0 Å². The van der Waals surface area contributed by atoms with Gasteiger partial charge >= 0.3 is 6.18 Å². The van der Waals surface area contributed by atoms with E-state index in [0.717, 1.165) is 54.7 Å². The first-order chi connectivity index (χ1) is 20.5. The Morgan fingerprint density at radius 3 is 2.56 bits per heavy atom. The first-order valence-corrected chi connectivity index (χ1v) is 14.4. The zero-order valence-electron chi connectivity index (χ0n) is 24.7. The summed E-state index contributed by atoms with van der Waals surface area (Å²) >= 11 is 0. The molecule has 3 aromatic rings. The van der Waals surface area contributed by atoms with Gasteiger partial charge in [0.1, 0.15) is 23.8 Å². The van der Waals surface area contributed by atoms with Gasteiger partial charge in [-0.1, -0.05) is 32.2 Å². The molecule has 7 nitrogen and oxygen atoms in total. The minimum Gasteiger partial charge on any atom is -0.367 e. The first-order valence-electron chi connectivity index (χ1n) is 14.4. The van der Waals surface area contributed by atoms with Gasteiger partial charge in [0.15, 0.2) is 0 Å². The second-order valence-electron chi connectivity index (χ2n) is 11.1. The summed E-state index contributed by atoms with van der Waals surface area (Å²) in [6.07, 6.45) is -0.409. The number of hydrogen-bond donors (Lipinski definition) is 2. The molecule has 0 spiro atoms. The predicted molar refractivity (Wildman–Crippen MR) is 165 cm³/mol.